The summed E-state index contributed by atoms with van der Waals surface area (Å²) in [6.07, 6.45) is 0. The van der Waals surface area contributed by atoms with Gasteiger partial charge in [-0.25, -0.2) is 0 Å². The molecule has 5 heteroatoms. The number of anilines is 1. The second kappa shape index (κ2) is 4.70. The Morgan fingerprint density at radius 2 is 1.65 bits per heavy atom. The van der Waals surface area contributed by atoms with Crippen molar-refractivity contribution >= 4 is 34.0 Å². The Balaban J connectivity index is 2.39. The van der Waals surface area contributed by atoms with Crippen molar-refractivity contribution in [2.75, 3.05) is 5.73 Å². The first kappa shape index (κ1) is 11.8. The fourth-order valence-electron chi connectivity index (χ4n) is 1.48. The zero-order valence-electron chi connectivity index (χ0n) is 8.76. The number of nitro groups is 1. The van der Waals surface area contributed by atoms with Crippen LogP contribution in [0.25, 0.3) is 11.1 Å². The lowest BCUT2D eigenvalue weighted by atomic mass is 10.1. The lowest BCUT2D eigenvalue weighted by Gasteiger charge is -2.04. The molecule has 0 aliphatic heterocycles. The molecule has 0 heterocycles. The Labute approximate surface area is 112 Å². The molecule has 0 saturated carbocycles. The number of hydrogen-bond acceptors (Lipinski definition) is 3. The Bertz CT molecular complexity index is 567. The molecule has 2 rings (SSSR count). The molecule has 0 saturated heterocycles. The van der Waals surface area contributed by atoms with E-state index in [0.29, 0.717) is 0 Å². The van der Waals surface area contributed by atoms with Gasteiger partial charge >= 0.3 is 0 Å². The molecule has 0 unspecified atom stereocenters. The van der Waals surface area contributed by atoms with E-state index in [4.69, 9.17) is 5.73 Å². The largest absolute Gasteiger partial charge is 0.398 e. The van der Waals surface area contributed by atoms with Gasteiger partial charge in [0, 0.05) is 21.4 Å². The Kier molecular flexibility index (Phi) is 3.28. The smallest absolute Gasteiger partial charge is 0.269 e. The average Bonchev–Trinajstić information content (AvgIpc) is 2.33. The number of benzene rings is 2. The molecule has 2 aromatic rings. The van der Waals surface area contributed by atoms with Gasteiger partial charge in [0.1, 0.15) is 0 Å². The number of nitrogens with zero attached hydrogens (tertiary/aromatic N) is 1. The number of nitro benzene ring substituents is 1. The molecule has 0 radical (unpaired) electrons. The molecule has 86 valence electrons. The van der Waals surface area contributed by atoms with Crippen LogP contribution in [-0.2, 0) is 0 Å². The minimum atomic E-state index is -0.406. The van der Waals surface area contributed by atoms with E-state index in [2.05, 4.69) is 22.6 Å². The Morgan fingerprint density at radius 3 is 2.18 bits per heavy atom. The van der Waals surface area contributed by atoms with Crippen molar-refractivity contribution in [2.45, 2.75) is 0 Å². The van der Waals surface area contributed by atoms with Crippen LogP contribution in [0.4, 0.5) is 11.4 Å². The van der Waals surface area contributed by atoms with E-state index < -0.39 is 4.92 Å². The van der Waals surface area contributed by atoms with Crippen LogP contribution >= 0.6 is 22.6 Å². The number of nitrogens with two attached hydrogens (primary N) is 1. The highest BCUT2D eigenvalue weighted by atomic mass is 127. The van der Waals surface area contributed by atoms with Crippen molar-refractivity contribution in [3.05, 3.63) is 56.1 Å². The lowest BCUT2D eigenvalue weighted by molar-refractivity contribution is -0.384. The molecule has 17 heavy (non-hydrogen) atoms. The minimum absolute atomic E-state index is 0.0962. The molecule has 0 aromatic heterocycles. The fourth-order valence-corrected chi connectivity index (χ4v) is 2.00. The molecule has 4 nitrogen and oxygen atoms in total. The predicted molar refractivity (Wildman–Crippen MR) is 75.7 cm³/mol. The summed E-state index contributed by atoms with van der Waals surface area (Å²) in [4.78, 5) is 10.1. The van der Waals surface area contributed by atoms with Crippen LogP contribution in [-0.4, -0.2) is 4.92 Å². The monoisotopic (exact) mass is 340 g/mol. The minimum Gasteiger partial charge on any atom is -0.398 e. The van der Waals surface area contributed by atoms with Crippen LogP contribution in [0, 0.1) is 13.7 Å². The number of nitrogen functional groups attached to an aromatic ring is 1. The quantitative estimate of drug-likeness (QED) is 0.394. The zero-order valence-corrected chi connectivity index (χ0v) is 10.9. The van der Waals surface area contributed by atoms with Crippen LogP contribution < -0.4 is 5.73 Å². The number of non-ortho nitro benzene ring substituents is 1. The van der Waals surface area contributed by atoms with E-state index >= 15 is 0 Å². The third-order valence-electron chi connectivity index (χ3n) is 2.41. The molecular weight excluding hydrogens is 331 g/mol. The van der Waals surface area contributed by atoms with Crippen molar-refractivity contribution < 1.29 is 4.92 Å². The van der Waals surface area contributed by atoms with Gasteiger partial charge in [0.25, 0.3) is 5.69 Å². The summed E-state index contributed by atoms with van der Waals surface area (Å²) in [6, 6.07) is 12.2. The van der Waals surface area contributed by atoms with Crippen molar-refractivity contribution in [1.82, 2.24) is 0 Å². The normalized spacial score (nSPS) is 10.2. The second-order valence-corrected chi connectivity index (χ2v) is 4.70. The SMILES string of the molecule is Nc1ccc(-c2ccc([N+](=O)[O-])cc2)cc1I. The zero-order chi connectivity index (χ0) is 12.4. The molecule has 0 atom stereocenters. The van der Waals surface area contributed by atoms with E-state index in [0.717, 1.165) is 20.4 Å². The summed E-state index contributed by atoms with van der Waals surface area (Å²) in [5.74, 6) is 0. The summed E-state index contributed by atoms with van der Waals surface area (Å²) in [6.45, 7) is 0. The van der Waals surface area contributed by atoms with Crippen LogP contribution in [0.1, 0.15) is 0 Å². The molecule has 2 N–H and O–H groups in total. The van der Waals surface area contributed by atoms with E-state index in [1.165, 1.54) is 12.1 Å². The summed E-state index contributed by atoms with van der Waals surface area (Å²) in [7, 11) is 0. The van der Waals surface area contributed by atoms with Crippen LogP contribution in [0.5, 0.6) is 0 Å². The van der Waals surface area contributed by atoms with Crippen LogP contribution in [0.2, 0.25) is 0 Å². The van der Waals surface area contributed by atoms with Gasteiger partial charge in [-0.15, -0.1) is 0 Å². The van der Waals surface area contributed by atoms with Gasteiger partial charge in [-0.1, -0.05) is 6.07 Å². The van der Waals surface area contributed by atoms with Crippen molar-refractivity contribution in [3.8, 4) is 11.1 Å². The molecular formula is C12H9IN2O2. The summed E-state index contributed by atoms with van der Waals surface area (Å²) < 4.78 is 0.971. The summed E-state index contributed by atoms with van der Waals surface area (Å²) >= 11 is 2.16. The first-order valence-corrected chi connectivity index (χ1v) is 5.95. The fraction of sp³-hybridized carbons (Fsp3) is 0. The van der Waals surface area contributed by atoms with E-state index in [9.17, 15) is 10.1 Å². The maximum Gasteiger partial charge on any atom is 0.269 e. The Morgan fingerprint density at radius 1 is 1.06 bits per heavy atom. The highest BCUT2D eigenvalue weighted by Gasteiger charge is 2.06. The van der Waals surface area contributed by atoms with Gasteiger partial charge in [0.05, 0.1) is 4.92 Å². The first-order chi connectivity index (χ1) is 8.08. The summed E-state index contributed by atoms with van der Waals surface area (Å²) in [5, 5.41) is 10.5. The molecule has 0 aliphatic carbocycles. The van der Waals surface area contributed by atoms with Gasteiger partial charge < -0.3 is 5.73 Å². The Hall–Kier alpha value is -1.63. The topological polar surface area (TPSA) is 69.2 Å². The first-order valence-electron chi connectivity index (χ1n) is 4.88. The van der Waals surface area contributed by atoms with Crippen molar-refractivity contribution in [2.24, 2.45) is 0 Å². The van der Waals surface area contributed by atoms with Gasteiger partial charge in [0.2, 0.25) is 0 Å². The van der Waals surface area contributed by atoms with E-state index in [1.807, 2.05) is 18.2 Å². The maximum atomic E-state index is 10.5. The van der Waals surface area contributed by atoms with E-state index in [1.54, 1.807) is 12.1 Å². The molecule has 2 aromatic carbocycles. The standard InChI is InChI=1S/C12H9IN2O2/c13-11-7-9(3-6-12(11)14)8-1-4-10(5-2-8)15(16)17/h1-7H,14H2. The van der Waals surface area contributed by atoms with E-state index in [-0.39, 0.29) is 5.69 Å². The summed E-state index contributed by atoms with van der Waals surface area (Å²) in [5.41, 5.74) is 8.50. The predicted octanol–water partition coefficient (Wildman–Crippen LogP) is 3.45. The third-order valence-corrected chi connectivity index (χ3v) is 3.35. The highest BCUT2D eigenvalue weighted by Crippen LogP contribution is 2.26. The number of hydrogen-bond donors (Lipinski definition) is 1. The van der Waals surface area contributed by atoms with Crippen LogP contribution in [0.3, 0.4) is 0 Å². The number of rotatable bonds is 2. The number of halogens is 1. The molecule has 0 amide bonds. The molecule has 0 fully saturated rings. The lowest BCUT2D eigenvalue weighted by Crippen LogP contribution is -1.90. The third kappa shape index (κ3) is 2.55. The van der Waals surface area contributed by atoms with Crippen molar-refractivity contribution in [1.29, 1.82) is 0 Å². The average molecular weight is 340 g/mol. The van der Waals surface area contributed by atoms with Gasteiger partial charge in [0.15, 0.2) is 0 Å². The molecule has 0 spiro atoms. The molecule has 0 bridgehead atoms. The van der Waals surface area contributed by atoms with Crippen LogP contribution in [0.15, 0.2) is 42.5 Å². The van der Waals surface area contributed by atoms with Gasteiger partial charge in [-0.2, -0.15) is 0 Å². The second-order valence-electron chi connectivity index (χ2n) is 3.54. The van der Waals surface area contributed by atoms with Crippen molar-refractivity contribution in [3.63, 3.8) is 0 Å². The highest BCUT2D eigenvalue weighted by molar-refractivity contribution is 14.1. The molecule has 0 aliphatic rings. The van der Waals surface area contributed by atoms with Gasteiger partial charge in [-0.05, 0) is 58.0 Å². The maximum absolute atomic E-state index is 10.5. The van der Waals surface area contributed by atoms with Gasteiger partial charge in [-0.3, -0.25) is 10.1 Å².